The van der Waals surface area contributed by atoms with Gasteiger partial charge in [-0.05, 0) is 31.7 Å². The minimum absolute atomic E-state index is 0.698. The average Bonchev–Trinajstić information content (AvgIpc) is 2.01. The Morgan fingerprint density at radius 3 is 2.00 bits per heavy atom. The number of hydrogen-bond donors (Lipinski definition) is 0. The van der Waals surface area contributed by atoms with Crippen molar-refractivity contribution in [3.05, 3.63) is 34.9 Å². The molecule has 1 aromatic rings. The number of benzene rings is 1. The molecule has 0 saturated heterocycles. The lowest BCUT2D eigenvalue weighted by atomic mass is 9.95. The summed E-state index contributed by atoms with van der Waals surface area (Å²) in [6, 6.07) is 6.81. The van der Waals surface area contributed by atoms with Gasteiger partial charge in [0, 0.05) is 0 Å². The van der Waals surface area contributed by atoms with Gasteiger partial charge in [-0.3, -0.25) is 0 Å². The normalized spacial score (nSPS) is 13.0. The van der Waals surface area contributed by atoms with Crippen LogP contribution < -0.4 is 0 Å². The molecule has 0 aliphatic rings. The zero-order valence-electron chi connectivity index (χ0n) is 8.52. The molecule has 66 valence electrons. The summed E-state index contributed by atoms with van der Waals surface area (Å²) in [7, 11) is 0. The minimum atomic E-state index is 0.698. The van der Waals surface area contributed by atoms with Crippen molar-refractivity contribution in [3.8, 4) is 0 Å². The fourth-order valence-corrected chi connectivity index (χ4v) is 1.53. The molecule has 1 aromatic carbocycles. The summed E-state index contributed by atoms with van der Waals surface area (Å²) in [4.78, 5) is 0. The fourth-order valence-electron chi connectivity index (χ4n) is 1.53. The Morgan fingerprint density at radius 2 is 1.58 bits per heavy atom. The quantitative estimate of drug-likeness (QED) is 0.620. The first-order valence-corrected chi connectivity index (χ1v) is 4.71. The van der Waals surface area contributed by atoms with Crippen LogP contribution in [0.5, 0.6) is 0 Å². The molecule has 0 radical (unpaired) electrons. The zero-order valence-corrected chi connectivity index (χ0v) is 8.52. The van der Waals surface area contributed by atoms with Crippen molar-refractivity contribution in [2.24, 2.45) is 0 Å². The van der Waals surface area contributed by atoms with E-state index >= 15 is 0 Å². The lowest BCUT2D eigenvalue weighted by Gasteiger charge is -2.10. The summed E-state index contributed by atoms with van der Waals surface area (Å²) in [5.41, 5.74) is 4.24. The van der Waals surface area contributed by atoms with Gasteiger partial charge in [-0.1, -0.05) is 43.2 Å². The number of aryl methyl sites for hydroxylation is 2. The third-order valence-electron chi connectivity index (χ3n) is 2.43. The van der Waals surface area contributed by atoms with Crippen molar-refractivity contribution >= 4 is 0 Å². The van der Waals surface area contributed by atoms with Crippen LogP contribution in [0.15, 0.2) is 18.2 Å². The van der Waals surface area contributed by atoms with Crippen LogP contribution in [0.2, 0.25) is 0 Å². The number of hydrogen-bond acceptors (Lipinski definition) is 0. The van der Waals surface area contributed by atoms with E-state index in [0.29, 0.717) is 5.92 Å². The SMILES string of the molecule is CCC(C)c1cc(C)cc(C)c1. The topological polar surface area (TPSA) is 0 Å². The Balaban J connectivity index is 3.00. The highest BCUT2D eigenvalue weighted by Gasteiger charge is 2.02. The van der Waals surface area contributed by atoms with Crippen molar-refractivity contribution in [2.75, 3.05) is 0 Å². The molecule has 0 heterocycles. The first-order chi connectivity index (χ1) is 5.63. The fraction of sp³-hybridized carbons (Fsp3) is 0.500. The number of rotatable bonds is 2. The molecule has 0 nitrogen and oxygen atoms in total. The molecule has 0 aliphatic heterocycles. The average molecular weight is 162 g/mol. The molecule has 1 rings (SSSR count). The van der Waals surface area contributed by atoms with Crippen LogP contribution in [0.4, 0.5) is 0 Å². The molecular formula is C12H18. The lowest BCUT2D eigenvalue weighted by Crippen LogP contribution is -1.92. The first-order valence-electron chi connectivity index (χ1n) is 4.71. The van der Waals surface area contributed by atoms with Crippen molar-refractivity contribution in [1.29, 1.82) is 0 Å². The van der Waals surface area contributed by atoms with E-state index in [1.165, 1.54) is 23.1 Å². The molecule has 0 spiro atoms. The van der Waals surface area contributed by atoms with E-state index in [9.17, 15) is 0 Å². The maximum Gasteiger partial charge on any atom is -0.0193 e. The summed E-state index contributed by atoms with van der Waals surface area (Å²) in [6.07, 6.45) is 1.23. The van der Waals surface area contributed by atoms with Crippen LogP contribution in [0.1, 0.15) is 42.9 Å². The van der Waals surface area contributed by atoms with Crippen molar-refractivity contribution in [3.63, 3.8) is 0 Å². The Bertz CT molecular complexity index is 240. The Morgan fingerprint density at radius 1 is 1.08 bits per heavy atom. The molecular weight excluding hydrogens is 144 g/mol. The standard InChI is InChI=1S/C12H18/c1-5-11(4)12-7-9(2)6-10(3)8-12/h6-8,11H,5H2,1-4H3. The summed E-state index contributed by atoms with van der Waals surface area (Å²) < 4.78 is 0. The third-order valence-corrected chi connectivity index (χ3v) is 2.43. The second kappa shape index (κ2) is 3.75. The van der Waals surface area contributed by atoms with E-state index in [-0.39, 0.29) is 0 Å². The molecule has 0 aromatic heterocycles. The maximum absolute atomic E-state index is 2.29. The van der Waals surface area contributed by atoms with Crippen molar-refractivity contribution in [1.82, 2.24) is 0 Å². The van der Waals surface area contributed by atoms with Crippen LogP contribution in [-0.2, 0) is 0 Å². The van der Waals surface area contributed by atoms with E-state index < -0.39 is 0 Å². The van der Waals surface area contributed by atoms with Crippen LogP contribution in [0.25, 0.3) is 0 Å². The smallest absolute Gasteiger partial charge is 0.0193 e. The molecule has 0 aliphatic carbocycles. The zero-order chi connectivity index (χ0) is 9.14. The van der Waals surface area contributed by atoms with E-state index in [2.05, 4.69) is 45.9 Å². The van der Waals surface area contributed by atoms with Crippen LogP contribution in [0.3, 0.4) is 0 Å². The second-order valence-corrected chi connectivity index (χ2v) is 3.73. The molecule has 0 amide bonds. The summed E-state index contributed by atoms with van der Waals surface area (Å²) in [6.45, 7) is 8.86. The van der Waals surface area contributed by atoms with Gasteiger partial charge in [0.25, 0.3) is 0 Å². The van der Waals surface area contributed by atoms with Crippen LogP contribution in [0, 0.1) is 13.8 Å². The maximum atomic E-state index is 2.29. The van der Waals surface area contributed by atoms with Gasteiger partial charge in [-0.15, -0.1) is 0 Å². The molecule has 0 heteroatoms. The van der Waals surface area contributed by atoms with E-state index in [1.54, 1.807) is 0 Å². The third kappa shape index (κ3) is 2.10. The first kappa shape index (κ1) is 9.31. The van der Waals surface area contributed by atoms with Gasteiger partial charge in [-0.2, -0.15) is 0 Å². The second-order valence-electron chi connectivity index (χ2n) is 3.73. The highest BCUT2D eigenvalue weighted by atomic mass is 14.1. The lowest BCUT2D eigenvalue weighted by molar-refractivity contribution is 0.732. The summed E-state index contributed by atoms with van der Waals surface area (Å²) in [5, 5.41) is 0. The van der Waals surface area contributed by atoms with Gasteiger partial charge < -0.3 is 0 Å². The van der Waals surface area contributed by atoms with Gasteiger partial charge >= 0.3 is 0 Å². The molecule has 0 saturated carbocycles. The van der Waals surface area contributed by atoms with Crippen LogP contribution in [-0.4, -0.2) is 0 Å². The molecule has 12 heavy (non-hydrogen) atoms. The highest BCUT2D eigenvalue weighted by molar-refractivity contribution is 5.30. The predicted octanol–water partition coefficient (Wildman–Crippen LogP) is 3.82. The Kier molecular flexibility index (Phi) is 2.91. The molecule has 1 atom stereocenters. The molecule has 0 N–H and O–H groups in total. The van der Waals surface area contributed by atoms with Gasteiger partial charge in [0.1, 0.15) is 0 Å². The van der Waals surface area contributed by atoms with Crippen molar-refractivity contribution in [2.45, 2.75) is 40.0 Å². The Labute approximate surface area is 75.6 Å². The molecule has 0 bridgehead atoms. The highest BCUT2D eigenvalue weighted by Crippen LogP contribution is 2.20. The van der Waals surface area contributed by atoms with Crippen LogP contribution >= 0.6 is 0 Å². The van der Waals surface area contributed by atoms with E-state index in [4.69, 9.17) is 0 Å². The molecule has 0 fully saturated rings. The predicted molar refractivity (Wildman–Crippen MR) is 54.6 cm³/mol. The van der Waals surface area contributed by atoms with Gasteiger partial charge in [-0.25, -0.2) is 0 Å². The van der Waals surface area contributed by atoms with Crippen molar-refractivity contribution < 1.29 is 0 Å². The van der Waals surface area contributed by atoms with E-state index in [1.807, 2.05) is 0 Å². The summed E-state index contributed by atoms with van der Waals surface area (Å²) >= 11 is 0. The monoisotopic (exact) mass is 162 g/mol. The molecule has 1 unspecified atom stereocenters. The van der Waals surface area contributed by atoms with Gasteiger partial charge in [0.2, 0.25) is 0 Å². The largest absolute Gasteiger partial charge is 0.0648 e. The minimum Gasteiger partial charge on any atom is -0.0648 e. The Hall–Kier alpha value is -0.780. The summed E-state index contributed by atoms with van der Waals surface area (Å²) in [5.74, 6) is 0.698. The van der Waals surface area contributed by atoms with Gasteiger partial charge in [0.05, 0.1) is 0 Å². The van der Waals surface area contributed by atoms with Gasteiger partial charge in [0.15, 0.2) is 0 Å². The van der Waals surface area contributed by atoms with E-state index in [0.717, 1.165) is 0 Å².